The Bertz CT molecular complexity index is 2060. The van der Waals surface area contributed by atoms with Gasteiger partial charge < -0.3 is 5.32 Å². The maximum Gasteiger partial charge on any atom is 0.263 e. The van der Waals surface area contributed by atoms with E-state index in [1.165, 1.54) is 0 Å². The number of aryl methyl sites for hydroxylation is 1. The maximum atomic E-state index is 14.4. The van der Waals surface area contributed by atoms with Gasteiger partial charge in [-0.15, -0.1) is 0 Å². The van der Waals surface area contributed by atoms with Crippen LogP contribution in [0.25, 0.3) is 48.8 Å². The number of nitrogens with one attached hydrogen (secondary N) is 1. The lowest BCUT2D eigenvalue weighted by Crippen LogP contribution is -2.26. The zero-order valence-electron chi connectivity index (χ0n) is 21.4. The van der Waals surface area contributed by atoms with Crippen molar-refractivity contribution in [2.75, 3.05) is 5.32 Å². The predicted molar refractivity (Wildman–Crippen MR) is 159 cm³/mol. The number of fused-ring (bicyclic) bond motifs is 3. The molecule has 0 unspecified atom stereocenters. The van der Waals surface area contributed by atoms with Crippen molar-refractivity contribution in [2.24, 2.45) is 7.05 Å². The second-order valence-corrected chi connectivity index (χ2v) is 10.7. The van der Waals surface area contributed by atoms with Crippen LogP contribution in [0, 0.1) is 0 Å². The van der Waals surface area contributed by atoms with Crippen molar-refractivity contribution in [1.29, 1.82) is 0 Å². The largest absolute Gasteiger partial charge is 0.360 e. The number of anilines is 1. The van der Waals surface area contributed by atoms with Crippen LogP contribution in [0.15, 0.2) is 102 Å². The molecule has 0 saturated carbocycles. The van der Waals surface area contributed by atoms with Gasteiger partial charge in [0.25, 0.3) is 5.56 Å². The summed E-state index contributed by atoms with van der Waals surface area (Å²) in [7, 11) is 1.99. The average Bonchev–Trinajstić information content (AvgIpc) is 2.96. The van der Waals surface area contributed by atoms with Crippen molar-refractivity contribution < 1.29 is 0 Å². The van der Waals surface area contributed by atoms with Gasteiger partial charge in [0.2, 0.25) is 0 Å². The minimum Gasteiger partial charge on any atom is -0.360 e. The molecule has 0 bridgehead atoms. The fraction of sp³-hybridized carbons (Fsp3) is 0.0968. The average molecular weight is 529 g/mol. The van der Waals surface area contributed by atoms with Crippen LogP contribution < -0.4 is 10.9 Å². The summed E-state index contributed by atoms with van der Waals surface area (Å²) >= 11 is 1.58. The summed E-state index contributed by atoms with van der Waals surface area (Å²) in [6, 6.07) is 27.8. The highest BCUT2D eigenvalue weighted by atomic mass is 32.1. The highest BCUT2D eigenvalue weighted by molar-refractivity contribution is 7.15. The van der Waals surface area contributed by atoms with Crippen LogP contribution in [0.4, 0.5) is 5.82 Å². The third-order valence-electron chi connectivity index (χ3n) is 7.11. The molecule has 0 aliphatic heterocycles. The third kappa shape index (κ3) is 3.88. The summed E-state index contributed by atoms with van der Waals surface area (Å²) in [5, 5.41) is 6.12. The van der Waals surface area contributed by atoms with Crippen molar-refractivity contribution in [1.82, 2.24) is 23.5 Å². The van der Waals surface area contributed by atoms with E-state index in [9.17, 15) is 4.79 Å². The van der Waals surface area contributed by atoms with Gasteiger partial charge in [-0.2, -0.15) is 0 Å². The number of aromatic nitrogens is 5. The molecule has 4 heterocycles. The second kappa shape index (κ2) is 9.18. The van der Waals surface area contributed by atoms with Gasteiger partial charge in [0.1, 0.15) is 11.8 Å². The van der Waals surface area contributed by atoms with Gasteiger partial charge in [-0.3, -0.25) is 18.3 Å². The van der Waals surface area contributed by atoms with Gasteiger partial charge in [-0.05, 0) is 59.7 Å². The molecule has 0 amide bonds. The zero-order valence-corrected chi connectivity index (χ0v) is 22.2. The van der Waals surface area contributed by atoms with Gasteiger partial charge in [-0.1, -0.05) is 54.6 Å². The lowest BCUT2D eigenvalue weighted by molar-refractivity contribution is 0.773. The summed E-state index contributed by atoms with van der Waals surface area (Å²) in [4.78, 5) is 28.9. The maximum absolute atomic E-state index is 14.4. The molecule has 8 heteroatoms. The zero-order chi connectivity index (χ0) is 26.5. The Labute approximate surface area is 228 Å². The van der Waals surface area contributed by atoms with Crippen molar-refractivity contribution in [3.63, 3.8) is 0 Å². The van der Waals surface area contributed by atoms with Crippen LogP contribution >= 0.6 is 11.5 Å². The van der Waals surface area contributed by atoms with Crippen molar-refractivity contribution in [2.45, 2.75) is 13.0 Å². The van der Waals surface area contributed by atoms with E-state index in [1.54, 1.807) is 17.9 Å². The molecule has 190 valence electrons. The van der Waals surface area contributed by atoms with E-state index in [0.29, 0.717) is 5.39 Å². The number of nitrogens with zero attached hydrogens (tertiary/aromatic N) is 5. The summed E-state index contributed by atoms with van der Waals surface area (Å²) in [6.07, 6.45) is 3.42. The molecule has 7 rings (SSSR count). The first-order valence-electron chi connectivity index (χ1n) is 12.7. The number of hydrogen-bond donors (Lipinski definition) is 1. The molecular weight excluding hydrogens is 504 g/mol. The Morgan fingerprint density at radius 2 is 1.67 bits per heavy atom. The summed E-state index contributed by atoms with van der Waals surface area (Å²) in [5.74, 6) is 0.747. The van der Waals surface area contributed by atoms with Crippen LogP contribution in [0.3, 0.4) is 0 Å². The van der Waals surface area contributed by atoms with Crippen LogP contribution in [0.1, 0.15) is 18.7 Å². The third-order valence-corrected chi connectivity index (χ3v) is 8.04. The monoisotopic (exact) mass is 528 g/mol. The van der Waals surface area contributed by atoms with Gasteiger partial charge in [-0.25, -0.2) is 9.97 Å². The number of hydrogen-bond acceptors (Lipinski definition) is 6. The van der Waals surface area contributed by atoms with E-state index in [1.807, 2.05) is 94.6 Å². The van der Waals surface area contributed by atoms with Gasteiger partial charge in [0, 0.05) is 35.6 Å². The molecule has 39 heavy (non-hydrogen) atoms. The number of benzene rings is 3. The normalized spacial score (nSPS) is 12.4. The summed E-state index contributed by atoms with van der Waals surface area (Å²) in [5.41, 5.74) is 5.25. The van der Waals surface area contributed by atoms with E-state index in [-0.39, 0.29) is 11.6 Å². The molecule has 0 radical (unpaired) electrons. The molecular formula is C31H24N6OS. The van der Waals surface area contributed by atoms with Crippen LogP contribution in [0.5, 0.6) is 0 Å². The molecule has 0 fully saturated rings. The van der Waals surface area contributed by atoms with Crippen LogP contribution in [0.2, 0.25) is 0 Å². The van der Waals surface area contributed by atoms with Crippen LogP contribution in [-0.4, -0.2) is 23.5 Å². The number of pyridine rings is 2. The predicted octanol–water partition coefficient (Wildman–Crippen LogP) is 6.72. The van der Waals surface area contributed by atoms with Crippen molar-refractivity contribution in [3.8, 4) is 16.8 Å². The van der Waals surface area contributed by atoms with Gasteiger partial charge in [0.05, 0.1) is 16.9 Å². The Morgan fingerprint density at radius 3 is 2.51 bits per heavy atom. The quantitative estimate of drug-likeness (QED) is 0.268. The minimum atomic E-state index is -0.216. The fourth-order valence-corrected chi connectivity index (χ4v) is 6.04. The molecule has 3 aromatic carbocycles. The highest BCUT2D eigenvalue weighted by Crippen LogP contribution is 2.33. The molecule has 1 N–H and O–H groups in total. The Kier molecular flexibility index (Phi) is 5.49. The van der Waals surface area contributed by atoms with E-state index in [2.05, 4.69) is 39.3 Å². The lowest BCUT2D eigenvalue weighted by atomic mass is 9.98. The fourth-order valence-electron chi connectivity index (χ4n) is 5.24. The lowest BCUT2D eigenvalue weighted by Gasteiger charge is -2.23. The van der Waals surface area contributed by atoms with Gasteiger partial charge >= 0.3 is 0 Å². The highest BCUT2D eigenvalue weighted by Gasteiger charge is 2.21. The summed E-state index contributed by atoms with van der Waals surface area (Å²) in [6.45, 7) is 2.05. The Morgan fingerprint density at radius 1 is 0.872 bits per heavy atom. The van der Waals surface area contributed by atoms with E-state index >= 15 is 0 Å². The molecule has 4 aromatic heterocycles. The van der Waals surface area contributed by atoms with E-state index < -0.39 is 0 Å². The molecule has 0 saturated heterocycles. The molecule has 7 aromatic rings. The van der Waals surface area contributed by atoms with Crippen molar-refractivity contribution in [3.05, 3.63) is 114 Å². The first-order chi connectivity index (χ1) is 19.1. The number of para-hydroxylation sites is 2. The molecule has 0 aliphatic carbocycles. The summed E-state index contributed by atoms with van der Waals surface area (Å²) < 4.78 is 3.85. The molecule has 1 atom stereocenters. The van der Waals surface area contributed by atoms with E-state index in [0.717, 1.165) is 55.0 Å². The van der Waals surface area contributed by atoms with Gasteiger partial charge in [0.15, 0.2) is 10.6 Å². The van der Waals surface area contributed by atoms with Crippen molar-refractivity contribution >= 4 is 49.4 Å². The van der Waals surface area contributed by atoms with Crippen LogP contribution in [-0.2, 0) is 7.05 Å². The first-order valence-corrected chi connectivity index (χ1v) is 13.5. The second-order valence-electron chi connectivity index (χ2n) is 9.56. The standard InChI is InChI=1S/C31H24N6OS/c1-19(35-29-28-30(34-18-33-29)39-36(28)2)26-16-21-10-8-13-24(22-15-20-9-6-7-14-25(20)32-17-22)27(21)31(38)37(26)23-11-4-3-5-12-23/h3-19H,1-2H3,(H,33,34,35)/t19-/m0/s1. The first kappa shape index (κ1) is 23.3. The molecule has 0 aliphatic rings. The SMILES string of the molecule is C[C@H](Nc1ncnc2sn(C)c12)c1cc2cccc(-c3cnc4ccccc4c3)c2c(=O)n1-c1ccccc1. The Balaban J connectivity index is 1.44. The Hall–Kier alpha value is -4.82. The number of rotatable bonds is 5. The molecule has 0 spiro atoms. The topological polar surface area (TPSA) is 77.6 Å². The smallest absolute Gasteiger partial charge is 0.263 e. The van der Waals surface area contributed by atoms with E-state index in [4.69, 9.17) is 0 Å². The molecule has 7 nitrogen and oxygen atoms in total. The minimum absolute atomic E-state index is 0.0746.